The van der Waals surface area contributed by atoms with E-state index in [-0.39, 0.29) is 5.91 Å². The molecule has 4 rings (SSSR count). The summed E-state index contributed by atoms with van der Waals surface area (Å²) in [6.07, 6.45) is 6.81. The molecule has 6 nitrogen and oxygen atoms in total. The van der Waals surface area contributed by atoms with Gasteiger partial charge in [-0.1, -0.05) is 6.07 Å². The van der Waals surface area contributed by atoms with E-state index in [0.29, 0.717) is 24.2 Å². The lowest BCUT2D eigenvalue weighted by molar-refractivity contribution is 0.0914. The van der Waals surface area contributed by atoms with E-state index in [4.69, 9.17) is 4.74 Å². The van der Waals surface area contributed by atoms with Crippen molar-refractivity contribution in [3.05, 3.63) is 47.9 Å². The molecule has 0 aromatic carbocycles. The van der Waals surface area contributed by atoms with E-state index in [1.807, 2.05) is 24.3 Å². The molecule has 134 valence electrons. The third-order valence-corrected chi connectivity index (χ3v) is 5.63. The number of pyridine rings is 2. The van der Waals surface area contributed by atoms with Crippen molar-refractivity contribution in [2.45, 2.75) is 31.8 Å². The van der Waals surface area contributed by atoms with Crippen LogP contribution < -0.4 is 15.4 Å². The molecule has 0 radical (unpaired) electrons. The van der Waals surface area contributed by atoms with Crippen LogP contribution in [0.2, 0.25) is 0 Å². The highest BCUT2D eigenvalue weighted by Crippen LogP contribution is 2.31. The number of methoxy groups -OCH3 is 1. The maximum Gasteiger partial charge on any atom is 0.270 e. The second-order valence-electron chi connectivity index (χ2n) is 6.35. The minimum Gasteiger partial charge on any atom is -0.481 e. The van der Waals surface area contributed by atoms with E-state index < -0.39 is 0 Å². The predicted molar refractivity (Wildman–Crippen MR) is 103 cm³/mol. The Hall–Kier alpha value is -2.67. The Labute approximate surface area is 155 Å². The summed E-state index contributed by atoms with van der Waals surface area (Å²) in [5, 5.41) is 8.36. The Kier molecular flexibility index (Phi) is 4.71. The van der Waals surface area contributed by atoms with E-state index in [2.05, 4.69) is 20.6 Å². The lowest BCUT2D eigenvalue weighted by Gasteiger charge is -2.26. The van der Waals surface area contributed by atoms with Crippen molar-refractivity contribution < 1.29 is 9.53 Å². The molecule has 0 saturated heterocycles. The standard InChI is InChI=1S/C19H20N4O2S/c1-25-16-6-5-12(10-21-16)11-22-17-9-14-15(26-17)7-8-20-18(14)19(24)23-13-3-2-4-13/h5-10,13,22H,2-4,11H2,1H3,(H,23,24). The molecule has 1 aliphatic rings. The summed E-state index contributed by atoms with van der Waals surface area (Å²) >= 11 is 1.62. The van der Waals surface area contributed by atoms with Crippen LogP contribution >= 0.6 is 11.3 Å². The molecule has 26 heavy (non-hydrogen) atoms. The third kappa shape index (κ3) is 3.48. The normalized spacial score (nSPS) is 14.0. The summed E-state index contributed by atoms with van der Waals surface area (Å²) in [7, 11) is 1.60. The number of ether oxygens (including phenoxy) is 1. The van der Waals surface area contributed by atoms with Crippen LogP contribution in [0.1, 0.15) is 35.3 Å². The number of aromatic nitrogens is 2. The molecule has 1 saturated carbocycles. The highest BCUT2D eigenvalue weighted by molar-refractivity contribution is 7.22. The second kappa shape index (κ2) is 7.29. The Morgan fingerprint density at radius 2 is 2.19 bits per heavy atom. The smallest absolute Gasteiger partial charge is 0.270 e. The van der Waals surface area contributed by atoms with E-state index in [1.165, 1.54) is 6.42 Å². The predicted octanol–water partition coefficient (Wildman–Crippen LogP) is 3.59. The zero-order valence-corrected chi connectivity index (χ0v) is 15.3. The van der Waals surface area contributed by atoms with E-state index in [1.54, 1.807) is 30.8 Å². The first-order valence-electron chi connectivity index (χ1n) is 8.65. The Morgan fingerprint density at radius 1 is 1.31 bits per heavy atom. The molecule has 3 heterocycles. The van der Waals surface area contributed by atoms with Gasteiger partial charge in [-0.2, -0.15) is 0 Å². The topological polar surface area (TPSA) is 76.1 Å². The van der Waals surface area contributed by atoms with Crippen molar-refractivity contribution >= 4 is 32.3 Å². The number of anilines is 1. The van der Waals surface area contributed by atoms with Gasteiger partial charge in [0.2, 0.25) is 5.88 Å². The van der Waals surface area contributed by atoms with Gasteiger partial charge in [0.1, 0.15) is 5.69 Å². The molecule has 2 N–H and O–H groups in total. The highest BCUT2D eigenvalue weighted by atomic mass is 32.1. The average molecular weight is 368 g/mol. The van der Waals surface area contributed by atoms with Crippen LogP contribution in [0.4, 0.5) is 5.00 Å². The Balaban J connectivity index is 1.49. The summed E-state index contributed by atoms with van der Waals surface area (Å²) in [6.45, 7) is 0.654. The number of thiophene rings is 1. The fourth-order valence-corrected chi connectivity index (χ4v) is 3.82. The Morgan fingerprint density at radius 3 is 2.88 bits per heavy atom. The van der Waals surface area contributed by atoms with Crippen molar-refractivity contribution in [1.82, 2.24) is 15.3 Å². The van der Waals surface area contributed by atoms with Gasteiger partial charge < -0.3 is 15.4 Å². The van der Waals surface area contributed by atoms with Gasteiger partial charge in [0.05, 0.1) is 12.1 Å². The van der Waals surface area contributed by atoms with Crippen LogP contribution in [-0.2, 0) is 6.54 Å². The number of hydrogen-bond acceptors (Lipinski definition) is 6. The molecule has 1 aliphatic carbocycles. The largest absolute Gasteiger partial charge is 0.481 e. The van der Waals surface area contributed by atoms with Gasteiger partial charge in [-0.25, -0.2) is 4.98 Å². The number of nitrogens with one attached hydrogen (secondary N) is 2. The summed E-state index contributed by atoms with van der Waals surface area (Å²) in [4.78, 5) is 21.0. The molecule has 0 bridgehead atoms. The molecule has 0 spiro atoms. The van der Waals surface area contributed by atoms with Gasteiger partial charge in [-0.15, -0.1) is 11.3 Å². The average Bonchev–Trinajstić information content (AvgIpc) is 3.06. The number of hydrogen-bond donors (Lipinski definition) is 2. The van der Waals surface area contributed by atoms with E-state index in [0.717, 1.165) is 33.5 Å². The van der Waals surface area contributed by atoms with Crippen LogP contribution in [0.5, 0.6) is 5.88 Å². The molecule has 3 aromatic rings. The monoisotopic (exact) mass is 368 g/mol. The Bertz CT molecular complexity index is 919. The first-order chi connectivity index (χ1) is 12.7. The molecule has 0 aliphatic heterocycles. The summed E-state index contributed by atoms with van der Waals surface area (Å²) in [5.74, 6) is 0.521. The third-order valence-electron chi connectivity index (χ3n) is 4.57. The van der Waals surface area contributed by atoms with Crippen LogP contribution in [0.3, 0.4) is 0 Å². The van der Waals surface area contributed by atoms with Gasteiger partial charge in [-0.3, -0.25) is 9.78 Å². The van der Waals surface area contributed by atoms with Crippen molar-refractivity contribution in [1.29, 1.82) is 0 Å². The van der Waals surface area contributed by atoms with Crippen molar-refractivity contribution in [2.24, 2.45) is 0 Å². The van der Waals surface area contributed by atoms with Gasteiger partial charge in [0.15, 0.2) is 0 Å². The minimum atomic E-state index is -0.0796. The lowest BCUT2D eigenvalue weighted by Crippen LogP contribution is -2.39. The van der Waals surface area contributed by atoms with Gasteiger partial charge in [0.25, 0.3) is 5.91 Å². The highest BCUT2D eigenvalue weighted by Gasteiger charge is 2.22. The van der Waals surface area contributed by atoms with E-state index in [9.17, 15) is 4.79 Å². The van der Waals surface area contributed by atoms with Crippen LogP contribution in [-0.4, -0.2) is 29.0 Å². The first kappa shape index (κ1) is 16.8. The van der Waals surface area contributed by atoms with Crippen LogP contribution in [0.25, 0.3) is 10.1 Å². The summed E-state index contributed by atoms with van der Waals surface area (Å²) in [6, 6.07) is 8.07. The SMILES string of the molecule is COc1ccc(CNc2cc3c(C(=O)NC4CCC4)nccc3s2)cn1. The maximum atomic E-state index is 12.5. The molecule has 7 heteroatoms. The quantitative estimate of drug-likeness (QED) is 0.695. The van der Waals surface area contributed by atoms with E-state index >= 15 is 0 Å². The van der Waals surface area contributed by atoms with Gasteiger partial charge in [-0.05, 0) is 37.0 Å². The fourth-order valence-electron chi connectivity index (χ4n) is 2.86. The van der Waals surface area contributed by atoms with Crippen LogP contribution in [0, 0.1) is 0 Å². The lowest BCUT2D eigenvalue weighted by atomic mass is 9.93. The van der Waals surface area contributed by atoms with Gasteiger partial charge >= 0.3 is 0 Å². The number of amides is 1. The number of carbonyl (C=O) groups excluding carboxylic acids is 1. The molecule has 0 unspecified atom stereocenters. The number of rotatable bonds is 6. The molecular weight excluding hydrogens is 348 g/mol. The molecule has 3 aromatic heterocycles. The van der Waals surface area contributed by atoms with Crippen molar-refractivity contribution in [2.75, 3.05) is 12.4 Å². The molecular formula is C19H20N4O2S. The minimum absolute atomic E-state index is 0.0796. The molecule has 0 atom stereocenters. The fraction of sp³-hybridized carbons (Fsp3) is 0.316. The summed E-state index contributed by atoms with van der Waals surface area (Å²) in [5.41, 5.74) is 1.56. The van der Waals surface area contributed by atoms with Crippen molar-refractivity contribution in [3.8, 4) is 5.88 Å². The zero-order valence-electron chi connectivity index (χ0n) is 14.5. The van der Waals surface area contributed by atoms with Gasteiger partial charge in [0, 0.05) is 41.1 Å². The first-order valence-corrected chi connectivity index (χ1v) is 9.47. The maximum absolute atomic E-state index is 12.5. The molecule has 1 fully saturated rings. The zero-order chi connectivity index (χ0) is 17.9. The second-order valence-corrected chi connectivity index (χ2v) is 7.43. The van der Waals surface area contributed by atoms with Crippen LogP contribution in [0.15, 0.2) is 36.7 Å². The number of fused-ring (bicyclic) bond motifs is 1. The number of carbonyl (C=O) groups is 1. The number of nitrogens with zero attached hydrogens (tertiary/aromatic N) is 2. The molecule has 1 amide bonds. The summed E-state index contributed by atoms with van der Waals surface area (Å²) < 4.78 is 6.12. The van der Waals surface area contributed by atoms with Crippen molar-refractivity contribution in [3.63, 3.8) is 0 Å².